The normalized spacial score (nSPS) is 16.5. The molecule has 1 aliphatic rings. The molecule has 0 saturated heterocycles. The molecule has 2 aromatic rings. The number of halogens is 2. The van der Waals surface area contributed by atoms with Crippen LogP contribution >= 0.6 is 35.4 Å². The first-order chi connectivity index (χ1) is 10.6. The minimum Gasteiger partial charge on any atom is -0.250 e. The molecule has 4 nitrogen and oxygen atoms in total. The lowest BCUT2D eigenvalue weighted by atomic mass is 9.89. The highest BCUT2D eigenvalue weighted by Crippen LogP contribution is 2.31. The van der Waals surface area contributed by atoms with E-state index in [1.807, 2.05) is 6.07 Å². The highest BCUT2D eigenvalue weighted by atomic mass is 35.5. The summed E-state index contributed by atoms with van der Waals surface area (Å²) >= 11 is 17.2. The summed E-state index contributed by atoms with van der Waals surface area (Å²) in [6, 6.07) is 5.39. The van der Waals surface area contributed by atoms with E-state index in [0.717, 1.165) is 24.2 Å². The van der Waals surface area contributed by atoms with Gasteiger partial charge in [-0.25, -0.2) is 0 Å². The third-order valence-corrected chi connectivity index (χ3v) is 4.91. The van der Waals surface area contributed by atoms with E-state index in [1.54, 1.807) is 23.0 Å². The van der Waals surface area contributed by atoms with Crippen LogP contribution in [0.2, 0.25) is 10.0 Å². The van der Waals surface area contributed by atoms with Crippen LogP contribution in [0.15, 0.2) is 23.3 Å². The molecule has 1 aromatic carbocycles. The molecule has 1 saturated carbocycles. The number of benzene rings is 1. The standard InChI is InChI=1S/C15H16Cl2N4S/c16-12-7-6-10(8-13(12)17)9-18-21-14(19-20-15(21)22)11-4-2-1-3-5-11/h6-9,11H,1-5H2,(H,20,22)/b18-9+. The molecular weight excluding hydrogens is 339 g/mol. The minimum absolute atomic E-state index is 0.424. The Hall–Kier alpha value is -1.17. The molecule has 0 radical (unpaired) electrons. The lowest BCUT2D eigenvalue weighted by Crippen LogP contribution is -2.10. The number of H-pyrrole nitrogens is 1. The fourth-order valence-electron chi connectivity index (χ4n) is 2.76. The topological polar surface area (TPSA) is 46.0 Å². The smallest absolute Gasteiger partial charge is 0.216 e. The first-order valence-electron chi connectivity index (χ1n) is 7.32. The Kier molecular flexibility index (Phi) is 4.96. The Morgan fingerprint density at radius 3 is 2.73 bits per heavy atom. The Morgan fingerprint density at radius 1 is 1.23 bits per heavy atom. The van der Waals surface area contributed by atoms with Gasteiger partial charge in [-0.15, -0.1) is 0 Å². The van der Waals surface area contributed by atoms with E-state index in [0.29, 0.717) is 20.7 Å². The molecule has 1 aromatic heterocycles. The van der Waals surface area contributed by atoms with Crippen LogP contribution in [0.25, 0.3) is 0 Å². The molecule has 116 valence electrons. The minimum atomic E-state index is 0.424. The molecule has 0 aliphatic heterocycles. The van der Waals surface area contributed by atoms with Crippen molar-refractivity contribution in [3.63, 3.8) is 0 Å². The predicted molar refractivity (Wildman–Crippen MR) is 92.7 cm³/mol. The average molecular weight is 355 g/mol. The number of hydrogen-bond acceptors (Lipinski definition) is 3. The zero-order valence-electron chi connectivity index (χ0n) is 11.9. The van der Waals surface area contributed by atoms with Crippen LogP contribution in [-0.2, 0) is 0 Å². The maximum absolute atomic E-state index is 6.02. The molecule has 0 atom stereocenters. The van der Waals surface area contributed by atoms with Crippen LogP contribution < -0.4 is 0 Å². The largest absolute Gasteiger partial charge is 0.250 e. The van der Waals surface area contributed by atoms with Crippen LogP contribution in [0.5, 0.6) is 0 Å². The molecule has 3 rings (SSSR count). The predicted octanol–water partition coefficient (Wildman–Crippen LogP) is 5.18. The first kappa shape index (κ1) is 15.7. The maximum atomic E-state index is 6.02. The summed E-state index contributed by atoms with van der Waals surface area (Å²) in [5.74, 6) is 1.34. The van der Waals surface area contributed by atoms with E-state index >= 15 is 0 Å². The van der Waals surface area contributed by atoms with Gasteiger partial charge in [0.2, 0.25) is 4.77 Å². The average Bonchev–Trinajstić information content (AvgIpc) is 2.90. The first-order valence-corrected chi connectivity index (χ1v) is 8.48. The fourth-order valence-corrected chi connectivity index (χ4v) is 3.25. The van der Waals surface area contributed by atoms with Crippen LogP contribution in [-0.4, -0.2) is 21.1 Å². The Balaban J connectivity index is 1.88. The Bertz CT molecular complexity index is 744. The number of aromatic amines is 1. The van der Waals surface area contributed by atoms with Crippen LogP contribution in [0.1, 0.15) is 49.4 Å². The van der Waals surface area contributed by atoms with Gasteiger partial charge in [0.25, 0.3) is 0 Å². The quantitative estimate of drug-likeness (QED) is 0.609. The molecule has 1 aliphatic carbocycles. The van der Waals surface area contributed by atoms with Crippen molar-refractivity contribution in [3.05, 3.63) is 44.4 Å². The molecule has 1 heterocycles. The van der Waals surface area contributed by atoms with Gasteiger partial charge in [0.1, 0.15) is 0 Å². The monoisotopic (exact) mass is 354 g/mol. The number of aromatic nitrogens is 3. The third-order valence-electron chi connectivity index (χ3n) is 3.91. The molecule has 1 fully saturated rings. The second-order valence-electron chi connectivity index (χ2n) is 5.45. The fraction of sp³-hybridized carbons (Fsp3) is 0.400. The summed E-state index contributed by atoms with van der Waals surface area (Å²) in [4.78, 5) is 0. The van der Waals surface area contributed by atoms with Crippen LogP contribution in [0.4, 0.5) is 0 Å². The van der Waals surface area contributed by atoms with Crippen LogP contribution in [0.3, 0.4) is 0 Å². The zero-order valence-corrected chi connectivity index (χ0v) is 14.3. The summed E-state index contributed by atoms with van der Waals surface area (Å²) in [7, 11) is 0. The lowest BCUT2D eigenvalue weighted by molar-refractivity contribution is 0.419. The number of hydrogen-bond donors (Lipinski definition) is 1. The second kappa shape index (κ2) is 6.94. The molecule has 1 N–H and O–H groups in total. The van der Waals surface area contributed by atoms with Crippen LogP contribution in [0, 0.1) is 4.77 Å². The Labute approximate surface area is 144 Å². The molecule has 7 heteroatoms. The van der Waals surface area contributed by atoms with Crippen molar-refractivity contribution in [1.29, 1.82) is 0 Å². The molecular formula is C15H16Cl2N4S. The zero-order chi connectivity index (χ0) is 15.5. The van der Waals surface area contributed by atoms with Crippen molar-refractivity contribution in [3.8, 4) is 0 Å². The molecule has 0 spiro atoms. The molecule has 0 amide bonds. The summed E-state index contributed by atoms with van der Waals surface area (Å²) < 4.78 is 2.23. The van der Waals surface area contributed by atoms with Gasteiger partial charge < -0.3 is 0 Å². The maximum Gasteiger partial charge on any atom is 0.216 e. The summed E-state index contributed by atoms with van der Waals surface area (Å²) in [5.41, 5.74) is 0.868. The third kappa shape index (κ3) is 3.42. The summed E-state index contributed by atoms with van der Waals surface area (Å²) in [6.45, 7) is 0. The van der Waals surface area contributed by atoms with Gasteiger partial charge in [-0.05, 0) is 42.8 Å². The van der Waals surface area contributed by atoms with Crippen molar-refractivity contribution in [2.24, 2.45) is 5.10 Å². The van der Waals surface area contributed by atoms with Crippen molar-refractivity contribution in [2.45, 2.75) is 38.0 Å². The van der Waals surface area contributed by atoms with Crippen molar-refractivity contribution in [2.75, 3.05) is 0 Å². The highest BCUT2D eigenvalue weighted by molar-refractivity contribution is 7.71. The second-order valence-corrected chi connectivity index (χ2v) is 6.65. The van der Waals surface area contributed by atoms with Gasteiger partial charge in [0.15, 0.2) is 5.82 Å². The van der Waals surface area contributed by atoms with Gasteiger partial charge in [-0.2, -0.15) is 14.9 Å². The van der Waals surface area contributed by atoms with Gasteiger partial charge in [0, 0.05) is 5.92 Å². The Morgan fingerprint density at radius 2 is 2.00 bits per heavy atom. The number of rotatable bonds is 3. The highest BCUT2D eigenvalue weighted by Gasteiger charge is 2.21. The van der Waals surface area contributed by atoms with E-state index in [-0.39, 0.29) is 0 Å². The van der Waals surface area contributed by atoms with Gasteiger partial charge in [-0.3, -0.25) is 5.10 Å². The van der Waals surface area contributed by atoms with E-state index in [9.17, 15) is 0 Å². The SMILES string of the molecule is S=c1[nH]nc(C2CCCCC2)n1/N=C/c1ccc(Cl)c(Cl)c1. The molecule has 22 heavy (non-hydrogen) atoms. The van der Waals surface area contributed by atoms with Crippen molar-refractivity contribution >= 4 is 41.6 Å². The van der Waals surface area contributed by atoms with Gasteiger partial charge >= 0.3 is 0 Å². The summed E-state index contributed by atoms with van der Waals surface area (Å²) in [5, 5.41) is 12.7. The van der Waals surface area contributed by atoms with E-state index in [4.69, 9.17) is 35.4 Å². The number of nitrogens with zero attached hydrogens (tertiary/aromatic N) is 3. The molecule has 0 unspecified atom stereocenters. The number of nitrogens with one attached hydrogen (secondary N) is 1. The lowest BCUT2D eigenvalue weighted by Gasteiger charge is -2.19. The van der Waals surface area contributed by atoms with Crippen molar-refractivity contribution in [1.82, 2.24) is 14.9 Å². The van der Waals surface area contributed by atoms with E-state index < -0.39 is 0 Å². The summed E-state index contributed by atoms with van der Waals surface area (Å²) in [6.07, 6.45) is 7.78. The molecule has 0 bridgehead atoms. The van der Waals surface area contributed by atoms with E-state index in [2.05, 4.69) is 15.3 Å². The van der Waals surface area contributed by atoms with Gasteiger partial charge in [-0.1, -0.05) is 48.5 Å². The van der Waals surface area contributed by atoms with Crippen molar-refractivity contribution < 1.29 is 0 Å². The van der Waals surface area contributed by atoms with E-state index in [1.165, 1.54) is 19.3 Å². The van der Waals surface area contributed by atoms with Gasteiger partial charge in [0.05, 0.1) is 16.3 Å².